The lowest BCUT2D eigenvalue weighted by Crippen LogP contribution is -2.42. The van der Waals surface area contributed by atoms with Crippen LogP contribution in [-0.4, -0.2) is 48.8 Å². The van der Waals surface area contributed by atoms with E-state index in [0.717, 1.165) is 24.8 Å². The Labute approximate surface area is 181 Å². The van der Waals surface area contributed by atoms with E-state index in [4.69, 9.17) is 9.15 Å². The molecule has 3 amide bonds. The summed E-state index contributed by atoms with van der Waals surface area (Å²) in [5.74, 6) is -0.207. The molecule has 0 saturated heterocycles. The van der Waals surface area contributed by atoms with E-state index in [1.807, 2.05) is 25.1 Å². The van der Waals surface area contributed by atoms with Crippen LogP contribution in [-0.2, 0) is 9.59 Å². The first-order valence-corrected chi connectivity index (χ1v) is 10.2. The van der Waals surface area contributed by atoms with Crippen LogP contribution in [0.4, 0.5) is 0 Å². The number of methoxy groups -OCH3 is 1. The predicted molar refractivity (Wildman–Crippen MR) is 113 cm³/mol. The number of carbonyl (C=O) groups is 3. The predicted octanol–water partition coefficient (Wildman–Crippen LogP) is 2.80. The Morgan fingerprint density at radius 2 is 1.97 bits per heavy atom. The van der Waals surface area contributed by atoms with Gasteiger partial charge in [-0.25, -0.2) is 5.06 Å². The summed E-state index contributed by atoms with van der Waals surface area (Å²) in [5.41, 5.74) is 0.719. The van der Waals surface area contributed by atoms with E-state index in [1.54, 1.807) is 25.3 Å². The van der Waals surface area contributed by atoms with Crippen LogP contribution < -0.4 is 15.4 Å². The molecule has 1 aromatic carbocycles. The second-order valence-corrected chi connectivity index (χ2v) is 7.01. The molecule has 0 aliphatic carbocycles. The molecule has 0 spiro atoms. The minimum Gasteiger partial charge on any atom is -0.496 e. The summed E-state index contributed by atoms with van der Waals surface area (Å²) in [4.78, 5) is 35.4. The normalized spacial score (nSPS) is 11.5. The topological polar surface area (TPSA) is 121 Å². The standard InChI is InChI=1S/C22H29N3O6/c1-3-4-5-8-16(13-25(29)15-26)21(27)23-14-24-22(28)20-12-11-19(31-20)17-9-6-7-10-18(17)30-2/h6-7,9-12,15-16,29H,3-5,8,13-14H2,1-2H3,(H,23,27)(H,24,28)/t16-/m1/s1. The summed E-state index contributed by atoms with van der Waals surface area (Å²) in [5, 5.41) is 15.1. The van der Waals surface area contributed by atoms with Crippen LogP contribution >= 0.6 is 0 Å². The number of rotatable bonds is 13. The first-order valence-electron chi connectivity index (χ1n) is 10.2. The van der Waals surface area contributed by atoms with Crippen molar-refractivity contribution in [2.75, 3.05) is 20.3 Å². The third kappa shape index (κ3) is 7.14. The van der Waals surface area contributed by atoms with Crippen LogP contribution in [0.1, 0.15) is 43.2 Å². The molecule has 0 aliphatic heterocycles. The molecule has 31 heavy (non-hydrogen) atoms. The monoisotopic (exact) mass is 431 g/mol. The summed E-state index contributed by atoms with van der Waals surface area (Å²) in [6.45, 7) is 1.83. The molecule has 1 heterocycles. The molecular formula is C22H29N3O6. The average Bonchev–Trinajstić information content (AvgIpc) is 3.28. The van der Waals surface area contributed by atoms with Gasteiger partial charge in [-0.15, -0.1) is 0 Å². The van der Waals surface area contributed by atoms with Crippen molar-refractivity contribution in [3.63, 3.8) is 0 Å². The van der Waals surface area contributed by atoms with Crippen molar-refractivity contribution >= 4 is 18.2 Å². The summed E-state index contributed by atoms with van der Waals surface area (Å²) < 4.78 is 10.9. The Morgan fingerprint density at radius 1 is 1.19 bits per heavy atom. The number of benzene rings is 1. The summed E-state index contributed by atoms with van der Waals surface area (Å²) in [6, 6.07) is 10.5. The van der Waals surface area contributed by atoms with E-state index in [0.29, 0.717) is 23.0 Å². The molecule has 9 heteroatoms. The van der Waals surface area contributed by atoms with Gasteiger partial charge in [-0.2, -0.15) is 0 Å². The molecule has 168 valence electrons. The van der Waals surface area contributed by atoms with Crippen LogP contribution in [0.15, 0.2) is 40.8 Å². The Kier molecular flexibility index (Phi) is 9.57. The van der Waals surface area contributed by atoms with Crippen molar-refractivity contribution < 1.29 is 28.7 Å². The number of hydrogen-bond acceptors (Lipinski definition) is 6. The van der Waals surface area contributed by atoms with Crippen LogP contribution in [0.2, 0.25) is 0 Å². The molecular weight excluding hydrogens is 402 g/mol. The van der Waals surface area contributed by atoms with Crippen molar-refractivity contribution in [3.05, 3.63) is 42.2 Å². The van der Waals surface area contributed by atoms with Gasteiger partial charge in [0.1, 0.15) is 11.5 Å². The smallest absolute Gasteiger partial charge is 0.288 e. The van der Waals surface area contributed by atoms with Gasteiger partial charge in [0.2, 0.25) is 12.3 Å². The number of para-hydroxylation sites is 1. The van der Waals surface area contributed by atoms with Crippen molar-refractivity contribution in [3.8, 4) is 17.1 Å². The van der Waals surface area contributed by atoms with Crippen LogP contribution in [0.25, 0.3) is 11.3 Å². The van der Waals surface area contributed by atoms with Crippen molar-refractivity contribution in [1.29, 1.82) is 0 Å². The van der Waals surface area contributed by atoms with E-state index in [9.17, 15) is 19.6 Å². The first-order chi connectivity index (χ1) is 15.0. The lowest BCUT2D eigenvalue weighted by Gasteiger charge is -2.19. The Bertz CT molecular complexity index is 866. The number of amides is 3. The average molecular weight is 431 g/mol. The van der Waals surface area contributed by atoms with Gasteiger partial charge in [0, 0.05) is 0 Å². The molecule has 0 radical (unpaired) electrons. The molecule has 1 aromatic heterocycles. The van der Waals surface area contributed by atoms with Gasteiger partial charge in [0.05, 0.1) is 31.8 Å². The summed E-state index contributed by atoms with van der Waals surface area (Å²) >= 11 is 0. The zero-order valence-corrected chi connectivity index (χ0v) is 17.8. The van der Waals surface area contributed by atoms with Gasteiger partial charge in [0.25, 0.3) is 5.91 Å². The summed E-state index contributed by atoms with van der Waals surface area (Å²) in [7, 11) is 1.55. The van der Waals surface area contributed by atoms with E-state index in [-0.39, 0.29) is 31.3 Å². The van der Waals surface area contributed by atoms with E-state index >= 15 is 0 Å². The fourth-order valence-electron chi connectivity index (χ4n) is 3.11. The van der Waals surface area contributed by atoms with Crippen LogP contribution in [0, 0.1) is 5.92 Å². The Hall–Kier alpha value is -3.33. The largest absolute Gasteiger partial charge is 0.496 e. The number of ether oxygens (including phenoxy) is 1. The fourth-order valence-corrected chi connectivity index (χ4v) is 3.11. The van der Waals surface area contributed by atoms with Gasteiger partial charge in [-0.1, -0.05) is 38.3 Å². The molecule has 0 fully saturated rings. The summed E-state index contributed by atoms with van der Waals surface area (Å²) in [6.07, 6.45) is 3.52. The van der Waals surface area contributed by atoms with Crippen LogP contribution in [0.3, 0.4) is 0 Å². The maximum atomic E-state index is 12.4. The molecule has 9 nitrogen and oxygen atoms in total. The Morgan fingerprint density at radius 3 is 2.68 bits per heavy atom. The number of hydrogen-bond donors (Lipinski definition) is 3. The second kappa shape index (κ2) is 12.4. The highest BCUT2D eigenvalue weighted by Gasteiger charge is 2.21. The first kappa shape index (κ1) is 23.9. The van der Waals surface area contributed by atoms with Crippen molar-refractivity contribution in [2.24, 2.45) is 5.92 Å². The lowest BCUT2D eigenvalue weighted by molar-refractivity contribution is -0.154. The SMILES string of the molecule is CCCCC[C@H](CN(O)C=O)C(=O)NCNC(=O)c1ccc(-c2ccccc2OC)o1. The van der Waals surface area contributed by atoms with E-state index < -0.39 is 11.8 Å². The maximum Gasteiger partial charge on any atom is 0.288 e. The Balaban J connectivity index is 1.90. The molecule has 2 aromatic rings. The highest BCUT2D eigenvalue weighted by molar-refractivity contribution is 5.92. The van der Waals surface area contributed by atoms with Crippen LogP contribution in [0.5, 0.6) is 5.75 Å². The molecule has 1 atom stereocenters. The van der Waals surface area contributed by atoms with Crippen molar-refractivity contribution in [1.82, 2.24) is 15.7 Å². The molecule has 0 aliphatic rings. The molecule has 2 rings (SSSR count). The van der Waals surface area contributed by atoms with Crippen molar-refractivity contribution in [2.45, 2.75) is 32.6 Å². The number of nitrogens with one attached hydrogen (secondary N) is 2. The van der Waals surface area contributed by atoms with Gasteiger partial charge >= 0.3 is 0 Å². The zero-order valence-electron chi connectivity index (χ0n) is 17.8. The third-order valence-corrected chi connectivity index (χ3v) is 4.77. The maximum absolute atomic E-state index is 12.4. The minimum absolute atomic E-state index is 0.0946. The van der Waals surface area contributed by atoms with Gasteiger partial charge < -0.3 is 19.8 Å². The van der Waals surface area contributed by atoms with E-state index in [1.165, 1.54) is 0 Å². The number of nitrogens with zero attached hydrogens (tertiary/aromatic N) is 1. The molecule has 0 saturated carbocycles. The second-order valence-electron chi connectivity index (χ2n) is 7.01. The molecule has 0 bridgehead atoms. The number of hydroxylamine groups is 2. The highest BCUT2D eigenvalue weighted by Crippen LogP contribution is 2.30. The lowest BCUT2D eigenvalue weighted by atomic mass is 10.0. The number of unbranched alkanes of at least 4 members (excludes halogenated alkanes) is 2. The van der Waals surface area contributed by atoms with Gasteiger partial charge in [0.15, 0.2) is 5.76 Å². The number of furan rings is 1. The fraction of sp³-hybridized carbons (Fsp3) is 0.409. The molecule has 0 unspecified atom stereocenters. The number of carbonyl (C=O) groups excluding carboxylic acids is 3. The molecule has 3 N–H and O–H groups in total. The quantitative estimate of drug-likeness (QED) is 0.147. The van der Waals surface area contributed by atoms with Gasteiger partial charge in [-0.3, -0.25) is 19.6 Å². The zero-order chi connectivity index (χ0) is 22.6. The van der Waals surface area contributed by atoms with Gasteiger partial charge in [-0.05, 0) is 30.7 Å². The highest BCUT2D eigenvalue weighted by atomic mass is 16.5. The minimum atomic E-state index is -0.570. The third-order valence-electron chi connectivity index (χ3n) is 4.77. The van der Waals surface area contributed by atoms with E-state index in [2.05, 4.69) is 10.6 Å².